The van der Waals surface area contributed by atoms with Crippen LogP contribution < -0.4 is 0 Å². The predicted molar refractivity (Wildman–Crippen MR) is 37.9 cm³/mol. The summed E-state index contributed by atoms with van der Waals surface area (Å²) in [5.74, 6) is 0. The van der Waals surface area contributed by atoms with Gasteiger partial charge in [0.2, 0.25) is 0 Å². The van der Waals surface area contributed by atoms with Crippen molar-refractivity contribution >= 4 is 0 Å². The number of azide groups is 1. The van der Waals surface area contributed by atoms with E-state index in [0.29, 0.717) is 12.8 Å². The Hall–Kier alpha value is -0.870. The molecule has 1 saturated carbocycles. The highest BCUT2D eigenvalue weighted by atomic mass is 19.3. The van der Waals surface area contributed by atoms with E-state index in [1.807, 2.05) is 0 Å². The molecule has 1 fully saturated rings. The fourth-order valence-corrected chi connectivity index (χ4v) is 1.05. The van der Waals surface area contributed by atoms with Crippen LogP contribution in [-0.2, 0) is 4.74 Å². The maximum Gasteiger partial charge on any atom is 0.261 e. The Morgan fingerprint density at radius 2 is 2.25 bits per heavy atom. The second-order valence-electron chi connectivity index (χ2n) is 2.68. The summed E-state index contributed by atoms with van der Waals surface area (Å²) in [5.41, 5.74) is 8.00. The molecule has 0 heterocycles. The van der Waals surface area contributed by atoms with Gasteiger partial charge in [0, 0.05) is 11.0 Å². The molecule has 1 rings (SSSR count). The van der Waals surface area contributed by atoms with Crippen LogP contribution in [0.3, 0.4) is 0 Å². The first-order valence-electron chi connectivity index (χ1n) is 3.66. The van der Waals surface area contributed by atoms with E-state index in [1.165, 1.54) is 0 Å². The molecule has 0 aromatic carbocycles. The molecule has 0 aliphatic heterocycles. The van der Waals surface area contributed by atoms with Crippen LogP contribution >= 0.6 is 0 Å². The zero-order chi connectivity index (χ0) is 8.97. The maximum absolute atomic E-state index is 11.6. The normalized spacial score (nSPS) is 27.9. The molecule has 0 saturated heterocycles. The van der Waals surface area contributed by atoms with Gasteiger partial charge in [-0.2, -0.15) is 0 Å². The van der Waals surface area contributed by atoms with Crippen LogP contribution in [0.15, 0.2) is 5.11 Å². The molecule has 1 aliphatic rings. The summed E-state index contributed by atoms with van der Waals surface area (Å²) in [6.07, 6.45) is -1.42. The first-order chi connectivity index (χ1) is 5.72. The van der Waals surface area contributed by atoms with Gasteiger partial charge in [0.05, 0.1) is 6.10 Å². The van der Waals surface area contributed by atoms with Crippen molar-refractivity contribution < 1.29 is 13.5 Å². The highest BCUT2D eigenvalue weighted by Crippen LogP contribution is 2.26. The summed E-state index contributed by atoms with van der Waals surface area (Å²) in [5, 5.41) is 3.42. The molecular weight excluding hydrogens is 168 g/mol. The van der Waals surface area contributed by atoms with Gasteiger partial charge in [-0.25, -0.2) is 8.78 Å². The van der Waals surface area contributed by atoms with Crippen molar-refractivity contribution in [2.45, 2.75) is 31.4 Å². The number of alkyl halides is 2. The average molecular weight is 177 g/mol. The van der Waals surface area contributed by atoms with Gasteiger partial charge in [-0.15, -0.1) is 0 Å². The summed E-state index contributed by atoms with van der Waals surface area (Å²) >= 11 is 0. The lowest BCUT2D eigenvalue weighted by molar-refractivity contribution is -0.0592. The minimum absolute atomic E-state index is 0.0577. The molecule has 0 aromatic rings. The average Bonchev–Trinajstić information content (AvgIpc) is 1.93. The molecular formula is C6H9F2N3O. The van der Waals surface area contributed by atoms with E-state index in [-0.39, 0.29) is 12.1 Å². The number of rotatable bonds is 4. The SMILES string of the molecule is [N-]=[N+]=NC1CC(OCC(F)F)C1. The van der Waals surface area contributed by atoms with E-state index in [0.717, 1.165) is 0 Å². The molecule has 0 amide bonds. The van der Waals surface area contributed by atoms with Gasteiger partial charge in [-0.1, -0.05) is 5.11 Å². The van der Waals surface area contributed by atoms with Crippen LogP contribution in [0.2, 0.25) is 0 Å². The summed E-state index contributed by atoms with van der Waals surface area (Å²) in [4.78, 5) is 2.61. The van der Waals surface area contributed by atoms with E-state index < -0.39 is 13.0 Å². The summed E-state index contributed by atoms with van der Waals surface area (Å²) in [6.45, 7) is -0.520. The van der Waals surface area contributed by atoms with Crippen molar-refractivity contribution in [3.05, 3.63) is 10.4 Å². The summed E-state index contributed by atoms with van der Waals surface area (Å²) < 4.78 is 28.0. The second kappa shape index (κ2) is 4.23. The van der Waals surface area contributed by atoms with Gasteiger partial charge in [0.25, 0.3) is 6.43 Å². The molecule has 0 bridgehead atoms. The molecule has 0 aromatic heterocycles. The van der Waals surface area contributed by atoms with Crippen molar-refractivity contribution in [2.75, 3.05) is 6.61 Å². The molecule has 0 unspecified atom stereocenters. The Bertz CT molecular complexity index is 187. The van der Waals surface area contributed by atoms with Gasteiger partial charge < -0.3 is 4.74 Å². The maximum atomic E-state index is 11.6. The lowest BCUT2D eigenvalue weighted by Crippen LogP contribution is -2.35. The number of nitrogens with zero attached hydrogens (tertiary/aromatic N) is 3. The fraction of sp³-hybridized carbons (Fsp3) is 1.00. The van der Waals surface area contributed by atoms with Crippen LogP contribution in [0.1, 0.15) is 12.8 Å². The minimum Gasteiger partial charge on any atom is -0.372 e. The first kappa shape index (κ1) is 9.22. The van der Waals surface area contributed by atoms with Crippen molar-refractivity contribution in [1.29, 1.82) is 0 Å². The van der Waals surface area contributed by atoms with Crippen molar-refractivity contribution in [3.8, 4) is 0 Å². The smallest absolute Gasteiger partial charge is 0.261 e. The van der Waals surface area contributed by atoms with Gasteiger partial charge in [-0.05, 0) is 18.4 Å². The highest BCUT2D eigenvalue weighted by molar-refractivity contribution is 4.86. The molecule has 0 spiro atoms. The molecule has 68 valence electrons. The molecule has 0 N–H and O–H groups in total. The zero-order valence-electron chi connectivity index (χ0n) is 6.36. The highest BCUT2D eigenvalue weighted by Gasteiger charge is 2.29. The van der Waals surface area contributed by atoms with Gasteiger partial charge in [0.15, 0.2) is 0 Å². The third kappa shape index (κ3) is 2.64. The zero-order valence-corrected chi connectivity index (χ0v) is 6.36. The van der Waals surface area contributed by atoms with Crippen LogP contribution in [0.4, 0.5) is 8.78 Å². The van der Waals surface area contributed by atoms with E-state index in [9.17, 15) is 8.78 Å². The molecule has 1 aliphatic carbocycles. The van der Waals surface area contributed by atoms with E-state index >= 15 is 0 Å². The number of hydrogen-bond acceptors (Lipinski definition) is 2. The molecule has 0 radical (unpaired) electrons. The van der Waals surface area contributed by atoms with Gasteiger partial charge in [0.1, 0.15) is 6.61 Å². The molecule has 6 heteroatoms. The lowest BCUT2D eigenvalue weighted by atomic mass is 9.90. The van der Waals surface area contributed by atoms with E-state index in [4.69, 9.17) is 10.3 Å². The Morgan fingerprint density at radius 3 is 2.75 bits per heavy atom. The Kier molecular flexibility index (Phi) is 3.25. The number of halogens is 2. The second-order valence-corrected chi connectivity index (χ2v) is 2.68. The largest absolute Gasteiger partial charge is 0.372 e. The summed E-state index contributed by atoms with van der Waals surface area (Å²) in [6, 6.07) is -0.0577. The predicted octanol–water partition coefficient (Wildman–Crippen LogP) is 2.11. The summed E-state index contributed by atoms with van der Waals surface area (Å²) in [7, 11) is 0. The quantitative estimate of drug-likeness (QED) is 0.368. The molecule has 12 heavy (non-hydrogen) atoms. The fourth-order valence-electron chi connectivity index (χ4n) is 1.05. The van der Waals surface area contributed by atoms with Crippen LogP contribution in [0, 0.1) is 0 Å². The van der Waals surface area contributed by atoms with Gasteiger partial charge >= 0.3 is 0 Å². The van der Waals surface area contributed by atoms with Crippen molar-refractivity contribution in [1.82, 2.24) is 0 Å². The molecule has 4 nitrogen and oxygen atoms in total. The number of ether oxygens (including phenoxy) is 1. The van der Waals surface area contributed by atoms with Crippen LogP contribution in [0.5, 0.6) is 0 Å². The standard InChI is InChI=1S/C6H9F2N3O/c7-6(8)3-12-5-1-4(2-5)10-11-9/h4-6H,1-3H2. The first-order valence-corrected chi connectivity index (χ1v) is 3.66. The topological polar surface area (TPSA) is 58.0 Å². The monoisotopic (exact) mass is 177 g/mol. The van der Waals surface area contributed by atoms with Crippen molar-refractivity contribution in [2.24, 2.45) is 5.11 Å². The van der Waals surface area contributed by atoms with E-state index in [2.05, 4.69) is 10.0 Å². The van der Waals surface area contributed by atoms with E-state index in [1.54, 1.807) is 0 Å². The van der Waals surface area contributed by atoms with Gasteiger partial charge in [-0.3, -0.25) is 0 Å². The Morgan fingerprint density at radius 1 is 1.58 bits per heavy atom. The Balaban J connectivity index is 2.05. The lowest BCUT2D eigenvalue weighted by Gasteiger charge is -2.31. The van der Waals surface area contributed by atoms with Crippen molar-refractivity contribution in [3.63, 3.8) is 0 Å². The van der Waals surface area contributed by atoms with Crippen LogP contribution in [0.25, 0.3) is 10.4 Å². The van der Waals surface area contributed by atoms with Crippen LogP contribution in [-0.4, -0.2) is 25.2 Å². The third-order valence-corrected chi connectivity index (χ3v) is 1.74. The third-order valence-electron chi connectivity index (χ3n) is 1.74. The minimum atomic E-state index is -2.41. The Labute approximate surface area is 68.1 Å². The molecule has 0 atom stereocenters. The number of hydrogen-bond donors (Lipinski definition) is 0.